The molecule has 0 bridgehead atoms. The Kier molecular flexibility index (Phi) is 4.12. The monoisotopic (exact) mass is 234 g/mol. The van der Waals surface area contributed by atoms with Gasteiger partial charge >= 0.3 is 0 Å². The summed E-state index contributed by atoms with van der Waals surface area (Å²) in [6.07, 6.45) is 0.414. The minimum absolute atomic E-state index is 0.112. The maximum Gasteiger partial charge on any atom is 0.164 e. The molecule has 1 aliphatic rings. The average Bonchev–Trinajstić information content (AvgIpc) is 2.40. The molecule has 1 aromatic rings. The molecule has 0 atom stereocenters. The van der Waals surface area contributed by atoms with Gasteiger partial charge in [-0.2, -0.15) is 0 Å². The van der Waals surface area contributed by atoms with Crippen molar-refractivity contribution in [3.8, 4) is 0 Å². The quantitative estimate of drug-likeness (QED) is 0.791. The van der Waals surface area contributed by atoms with E-state index in [0.717, 1.165) is 37.6 Å². The van der Waals surface area contributed by atoms with Gasteiger partial charge in [-0.25, -0.2) is 0 Å². The lowest BCUT2D eigenvalue weighted by molar-refractivity contribution is 0.0985. The van der Waals surface area contributed by atoms with Crippen LogP contribution in [0.2, 0.25) is 0 Å². The number of nitrogens with zero attached hydrogens (tertiary/aromatic N) is 1. The van der Waals surface area contributed by atoms with Gasteiger partial charge in [0.2, 0.25) is 0 Å². The summed E-state index contributed by atoms with van der Waals surface area (Å²) in [5, 5.41) is 0. The van der Waals surface area contributed by atoms with Crippen molar-refractivity contribution in [1.29, 1.82) is 0 Å². The third-order valence-corrected chi connectivity index (χ3v) is 2.94. The molecular formula is C13H18N2O2. The summed E-state index contributed by atoms with van der Waals surface area (Å²) in [6.45, 7) is 3.78. The highest BCUT2D eigenvalue weighted by atomic mass is 16.5. The largest absolute Gasteiger partial charge is 0.378 e. The summed E-state index contributed by atoms with van der Waals surface area (Å²) in [6, 6.07) is 7.75. The van der Waals surface area contributed by atoms with Crippen molar-refractivity contribution in [1.82, 2.24) is 0 Å². The summed E-state index contributed by atoms with van der Waals surface area (Å²) < 4.78 is 5.31. The number of rotatable bonds is 4. The molecular weight excluding hydrogens is 216 g/mol. The van der Waals surface area contributed by atoms with E-state index < -0.39 is 0 Å². The van der Waals surface area contributed by atoms with Crippen LogP contribution in [-0.2, 0) is 4.74 Å². The number of ether oxygens (including phenoxy) is 1. The second-order valence-corrected chi connectivity index (χ2v) is 4.11. The normalized spacial score (nSPS) is 15.9. The van der Waals surface area contributed by atoms with Gasteiger partial charge in [0.05, 0.1) is 13.2 Å². The lowest BCUT2D eigenvalue weighted by Crippen LogP contribution is -2.36. The van der Waals surface area contributed by atoms with Gasteiger partial charge in [-0.05, 0) is 30.8 Å². The number of nitrogens with two attached hydrogens (primary N) is 1. The van der Waals surface area contributed by atoms with Gasteiger partial charge in [-0.1, -0.05) is 0 Å². The minimum atomic E-state index is 0.112. The number of hydrogen-bond acceptors (Lipinski definition) is 4. The van der Waals surface area contributed by atoms with Gasteiger partial charge in [0.15, 0.2) is 5.78 Å². The maximum atomic E-state index is 11.6. The maximum absolute atomic E-state index is 11.6. The van der Waals surface area contributed by atoms with Crippen molar-refractivity contribution < 1.29 is 9.53 Å². The van der Waals surface area contributed by atoms with E-state index in [0.29, 0.717) is 13.0 Å². The van der Waals surface area contributed by atoms with Crippen LogP contribution in [0.5, 0.6) is 0 Å². The summed E-state index contributed by atoms with van der Waals surface area (Å²) >= 11 is 0. The lowest BCUT2D eigenvalue weighted by Gasteiger charge is -2.28. The van der Waals surface area contributed by atoms with E-state index in [4.69, 9.17) is 10.5 Å². The molecule has 1 saturated heterocycles. The van der Waals surface area contributed by atoms with Crippen LogP contribution in [0.3, 0.4) is 0 Å². The van der Waals surface area contributed by atoms with E-state index in [9.17, 15) is 4.79 Å². The van der Waals surface area contributed by atoms with Crippen molar-refractivity contribution in [3.63, 3.8) is 0 Å². The average molecular weight is 234 g/mol. The number of benzene rings is 1. The van der Waals surface area contributed by atoms with Gasteiger partial charge in [0, 0.05) is 30.8 Å². The van der Waals surface area contributed by atoms with Crippen LogP contribution in [0.15, 0.2) is 24.3 Å². The predicted molar refractivity (Wildman–Crippen MR) is 67.5 cm³/mol. The second kappa shape index (κ2) is 5.80. The molecule has 0 aromatic heterocycles. The third-order valence-electron chi connectivity index (χ3n) is 2.94. The number of anilines is 1. The van der Waals surface area contributed by atoms with Crippen molar-refractivity contribution in [2.75, 3.05) is 37.7 Å². The fourth-order valence-electron chi connectivity index (χ4n) is 1.96. The molecule has 0 amide bonds. The van der Waals surface area contributed by atoms with E-state index in [2.05, 4.69) is 4.90 Å². The number of Topliss-reactive ketones (excluding diaryl/α,β-unsaturated/α-hetero) is 1. The molecule has 4 nitrogen and oxygen atoms in total. The minimum Gasteiger partial charge on any atom is -0.378 e. The summed E-state index contributed by atoms with van der Waals surface area (Å²) in [5.74, 6) is 0.112. The SMILES string of the molecule is NCCC(=O)c1ccc(N2CCOCC2)cc1. The molecule has 4 heteroatoms. The highest BCUT2D eigenvalue weighted by molar-refractivity contribution is 5.96. The molecule has 2 N–H and O–H groups in total. The molecule has 1 fully saturated rings. The zero-order chi connectivity index (χ0) is 12.1. The Morgan fingerprint density at radius 3 is 2.47 bits per heavy atom. The van der Waals surface area contributed by atoms with Crippen LogP contribution >= 0.6 is 0 Å². The van der Waals surface area contributed by atoms with E-state index in [-0.39, 0.29) is 5.78 Å². The van der Waals surface area contributed by atoms with E-state index in [1.54, 1.807) is 0 Å². The fraction of sp³-hybridized carbons (Fsp3) is 0.462. The van der Waals surface area contributed by atoms with E-state index in [1.807, 2.05) is 24.3 Å². The van der Waals surface area contributed by atoms with Gasteiger partial charge < -0.3 is 15.4 Å². The number of carbonyl (C=O) groups is 1. The molecule has 1 heterocycles. The number of ketones is 1. The van der Waals surface area contributed by atoms with E-state index in [1.165, 1.54) is 0 Å². The van der Waals surface area contributed by atoms with Crippen LogP contribution in [0, 0.1) is 0 Å². The van der Waals surface area contributed by atoms with Crippen LogP contribution in [-0.4, -0.2) is 38.6 Å². The molecule has 0 unspecified atom stereocenters. The highest BCUT2D eigenvalue weighted by Gasteiger charge is 2.11. The van der Waals surface area contributed by atoms with Crippen molar-refractivity contribution in [2.24, 2.45) is 5.73 Å². The molecule has 17 heavy (non-hydrogen) atoms. The molecule has 0 spiro atoms. The molecule has 0 radical (unpaired) electrons. The summed E-state index contributed by atoms with van der Waals surface area (Å²) in [4.78, 5) is 13.9. The Balaban J connectivity index is 2.04. The molecule has 1 aromatic carbocycles. The van der Waals surface area contributed by atoms with Crippen molar-refractivity contribution in [3.05, 3.63) is 29.8 Å². The standard InChI is InChI=1S/C13H18N2O2/c14-6-5-13(16)11-1-3-12(4-2-11)15-7-9-17-10-8-15/h1-4H,5-10,14H2. The zero-order valence-electron chi connectivity index (χ0n) is 9.89. The Hall–Kier alpha value is -1.39. The first-order chi connectivity index (χ1) is 8.31. The van der Waals surface area contributed by atoms with Gasteiger partial charge in [-0.3, -0.25) is 4.79 Å². The summed E-state index contributed by atoms with van der Waals surface area (Å²) in [5.41, 5.74) is 7.26. The molecule has 92 valence electrons. The first-order valence-corrected chi connectivity index (χ1v) is 5.97. The lowest BCUT2D eigenvalue weighted by atomic mass is 10.1. The fourth-order valence-corrected chi connectivity index (χ4v) is 1.96. The Morgan fingerprint density at radius 1 is 1.24 bits per heavy atom. The molecule has 1 aliphatic heterocycles. The first kappa shape index (κ1) is 12.1. The Labute approximate surface area is 101 Å². The molecule has 0 saturated carbocycles. The Bertz CT molecular complexity index is 370. The van der Waals surface area contributed by atoms with Crippen LogP contribution in [0.4, 0.5) is 5.69 Å². The number of hydrogen-bond donors (Lipinski definition) is 1. The van der Waals surface area contributed by atoms with Gasteiger partial charge in [0.1, 0.15) is 0 Å². The molecule has 2 rings (SSSR count). The smallest absolute Gasteiger partial charge is 0.164 e. The first-order valence-electron chi connectivity index (χ1n) is 5.97. The van der Waals surface area contributed by atoms with Crippen LogP contribution in [0.25, 0.3) is 0 Å². The molecule has 0 aliphatic carbocycles. The number of morpholine rings is 1. The second-order valence-electron chi connectivity index (χ2n) is 4.11. The highest BCUT2D eigenvalue weighted by Crippen LogP contribution is 2.17. The van der Waals surface area contributed by atoms with E-state index >= 15 is 0 Å². The van der Waals surface area contributed by atoms with Crippen molar-refractivity contribution in [2.45, 2.75) is 6.42 Å². The Morgan fingerprint density at radius 2 is 1.88 bits per heavy atom. The topological polar surface area (TPSA) is 55.6 Å². The van der Waals surface area contributed by atoms with Crippen LogP contribution < -0.4 is 10.6 Å². The number of carbonyl (C=O) groups excluding carboxylic acids is 1. The van der Waals surface area contributed by atoms with Crippen LogP contribution in [0.1, 0.15) is 16.8 Å². The van der Waals surface area contributed by atoms with Gasteiger partial charge in [-0.15, -0.1) is 0 Å². The predicted octanol–water partition coefficient (Wildman–Crippen LogP) is 1.05. The third kappa shape index (κ3) is 3.05. The summed E-state index contributed by atoms with van der Waals surface area (Å²) in [7, 11) is 0. The zero-order valence-corrected chi connectivity index (χ0v) is 9.89. The van der Waals surface area contributed by atoms with Crippen molar-refractivity contribution >= 4 is 11.5 Å². The van der Waals surface area contributed by atoms with Gasteiger partial charge in [0.25, 0.3) is 0 Å².